The quantitative estimate of drug-likeness (QED) is 0.896. The number of carbonyl (C=O) groups is 1. The summed E-state index contributed by atoms with van der Waals surface area (Å²) in [6.07, 6.45) is 3.28. The van der Waals surface area contributed by atoms with Gasteiger partial charge in [0.15, 0.2) is 5.82 Å². The predicted molar refractivity (Wildman–Crippen MR) is 108 cm³/mol. The van der Waals surface area contributed by atoms with E-state index in [1.807, 2.05) is 24.6 Å². The highest BCUT2D eigenvalue weighted by Crippen LogP contribution is 2.37. The topological polar surface area (TPSA) is 63.1 Å². The van der Waals surface area contributed by atoms with Crippen LogP contribution in [0, 0.1) is 24.7 Å². The van der Waals surface area contributed by atoms with Crippen LogP contribution in [0.5, 0.6) is 0 Å². The normalized spacial score (nSPS) is 22.7. The highest BCUT2D eigenvalue weighted by molar-refractivity contribution is 5.95. The number of aryl methyl sites for hydroxylation is 1. The molecule has 1 aliphatic carbocycles. The van der Waals surface area contributed by atoms with Gasteiger partial charge in [0, 0.05) is 43.0 Å². The minimum Gasteiger partial charge on any atom is -0.370 e. The van der Waals surface area contributed by atoms with Crippen molar-refractivity contribution in [1.82, 2.24) is 14.8 Å². The van der Waals surface area contributed by atoms with Gasteiger partial charge < -0.3 is 14.8 Å². The number of hydrogen-bond acceptors (Lipinski definition) is 4. The Kier molecular flexibility index (Phi) is 4.66. The molecule has 2 aromatic rings. The van der Waals surface area contributed by atoms with Crippen molar-refractivity contribution in [3.8, 4) is 11.4 Å². The van der Waals surface area contributed by atoms with Crippen LogP contribution in [-0.4, -0.2) is 33.8 Å². The summed E-state index contributed by atoms with van der Waals surface area (Å²) in [6, 6.07) is 6.18. The predicted octanol–water partition coefficient (Wildman–Crippen LogP) is 3.62. The van der Waals surface area contributed by atoms with Gasteiger partial charge in [0.2, 0.25) is 5.91 Å². The lowest BCUT2D eigenvalue weighted by Crippen LogP contribution is -2.39. The van der Waals surface area contributed by atoms with E-state index in [9.17, 15) is 4.79 Å². The van der Waals surface area contributed by atoms with Gasteiger partial charge in [0.25, 0.3) is 0 Å². The van der Waals surface area contributed by atoms with Gasteiger partial charge in [-0.2, -0.15) is 0 Å². The molecule has 2 aliphatic rings. The summed E-state index contributed by atoms with van der Waals surface area (Å²) in [4.78, 5) is 14.7. The SMILES string of the molecule is Cc1nnc(-c2ccc(NC(=O)C3CC3)cc2N2CC(C)C[C@@H](C)C2)n1C. The number of carbonyl (C=O) groups excluding carboxylic acids is 1. The number of amides is 1. The molecular weight excluding hydrogens is 338 g/mol. The zero-order chi connectivity index (χ0) is 19.1. The summed E-state index contributed by atoms with van der Waals surface area (Å²) in [5.74, 6) is 3.39. The van der Waals surface area contributed by atoms with Crippen LogP contribution in [0.15, 0.2) is 18.2 Å². The Morgan fingerprint density at radius 3 is 2.44 bits per heavy atom. The molecular formula is C21H29N5O. The Hall–Kier alpha value is -2.37. The molecule has 27 heavy (non-hydrogen) atoms. The van der Waals surface area contributed by atoms with Crippen molar-refractivity contribution in [2.45, 2.75) is 40.0 Å². The van der Waals surface area contributed by atoms with Gasteiger partial charge in [-0.25, -0.2) is 0 Å². The van der Waals surface area contributed by atoms with Crippen LogP contribution >= 0.6 is 0 Å². The number of piperidine rings is 1. The Morgan fingerprint density at radius 2 is 1.85 bits per heavy atom. The molecule has 6 heteroatoms. The lowest BCUT2D eigenvalue weighted by atomic mass is 9.91. The molecule has 144 valence electrons. The molecule has 0 spiro atoms. The highest BCUT2D eigenvalue weighted by atomic mass is 16.2. The number of rotatable bonds is 4. The molecule has 4 rings (SSSR count). The van der Waals surface area contributed by atoms with Crippen molar-refractivity contribution in [3.63, 3.8) is 0 Å². The molecule has 2 atom stereocenters. The Labute approximate surface area is 161 Å². The maximum absolute atomic E-state index is 12.2. The minimum atomic E-state index is 0.142. The van der Waals surface area contributed by atoms with Gasteiger partial charge in [-0.05, 0) is 56.2 Å². The maximum atomic E-state index is 12.2. The molecule has 2 fully saturated rings. The van der Waals surface area contributed by atoms with E-state index in [2.05, 4.69) is 46.4 Å². The molecule has 1 aromatic heterocycles. The second-order valence-corrected chi connectivity index (χ2v) is 8.48. The minimum absolute atomic E-state index is 0.142. The van der Waals surface area contributed by atoms with Gasteiger partial charge >= 0.3 is 0 Å². The monoisotopic (exact) mass is 367 g/mol. The van der Waals surface area contributed by atoms with Crippen LogP contribution in [0.2, 0.25) is 0 Å². The van der Waals surface area contributed by atoms with Gasteiger partial charge in [-0.1, -0.05) is 13.8 Å². The van der Waals surface area contributed by atoms with Crippen LogP contribution in [0.25, 0.3) is 11.4 Å². The number of aromatic nitrogens is 3. The standard InChI is InChI=1S/C21H29N5O/c1-13-9-14(2)12-26(11-13)19-10-17(22-21(27)16-5-6-16)7-8-18(19)20-24-23-15(3)25(20)4/h7-8,10,13-14,16H,5-6,9,11-12H2,1-4H3,(H,22,27)/t13-,14?/m1/s1. The summed E-state index contributed by atoms with van der Waals surface area (Å²) in [7, 11) is 2.00. The summed E-state index contributed by atoms with van der Waals surface area (Å²) < 4.78 is 2.03. The highest BCUT2D eigenvalue weighted by Gasteiger charge is 2.30. The van der Waals surface area contributed by atoms with Crippen molar-refractivity contribution < 1.29 is 4.79 Å². The number of nitrogens with one attached hydrogen (secondary N) is 1. The first kappa shape index (κ1) is 18.0. The van der Waals surface area contributed by atoms with Crippen molar-refractivity contribution >= 4 is 17.3 Å². The molecule has 1 saturated carbocycles. The molecule has 1 unspecified atom stereocenters. The van der Waals surface area contributed by atoms with Crippen LogP contribution in [-0.2, 0) is 11.8 Å². The summed E-state index contributed by atoms with van der Waals surface area (Å²) in [5.41, 5.74) is 3.08. The average molecular weight is 367 g/mol. The first-order valence-corrected chi connectivity index (χ1v) is 9.98. The largest absolute Gasteiger partial charge is 0.370 e. The Morgan fingerprint density at radius 1 is 1.15 bits per heavy atom. The van der Waals surface area contributed by atoms with E-state index in [0.29, 0.717) is 11.8 Å². The van der Waals surface area contributed by atoms with E-state index in [0.717, 1.165) is 54.5 Å². The Balaban J connectivity index is 1.73. The van der Waals surface area contributed by atoms with E-state index in [4.69, 9.17) is 0 Å². The van der Waals surface area contributed by atoms with Crippen LogP contribution in [0.1, 0.15) is 38.9 Å². The zero-order valence-corrected chi connectivity index (χ0v) is 16.7. The first-order valence-electron chi connectivity index (χ1n) is 9.98. The molecule has 0 radical (unpaired) electrons. The second-order valence-electron chi connectivity index (χ2n) is 8.48. The summed E-state index contributed by atoms with van der Waals surface area (Å²) in [5, 5.41) is 11.7. The molecule has 1 saturated heterocycles. The molecule has 1 aliphatic heterocycles. The van der Waals surface area contributed by atoms with E-state index < -0.39 is 0 Å². The smallest absolute Gasteiger partial charge is 0.227 e. The van der Waals surface area contributed by atoms with E-state index in [1.165, 1.54) is 6.42 Å². The van der Waals surface area contributed by atoms with Gasteiger partial charge in [-0.15, -0.1) is 10.2 Å². The molecule has 6 nitrogen and oxygen atoms in total. The lowest BCUT2D eigenvalue weighted by molar-refractivity contribution is -0.117. The molecule has 2 heterocycles. The Bertz CT molecular complexity index is 844. The van der Waals surface area contributed by atoms with E-state index in [-0.39, 0.29) is 11.8 Å². The third-order valence-corrected chi connectivity index (χ3v) is 5.76. The van der Waals surface area contributed by atoms with Crippen LogP contribution in [0.4, 0.5) is 11.4 Å². The van der Waals surface area contributed by atoms with E-state index in [1.54, 1.807) is 0 Å². The number of benzene rings is 1. The molecule has 1 N–H and O–H groups in total. The number of hydrogen-bond donors (Lipinski definition) is 1. The molecule has 1 amide bonds. The molecule has 0 bridgehead atoms. The number of nitrogens with zero attached hydrogens (tertiary/aromatic N) is 4. The summed E-state index contributed by atoms with van der Waals surface area (Å²) >= 11 is 0. The fraction of sp³-hybridized carbons (Fsp3) is 0.571. The average Bonchev–Trinajstić information content (AvgIpc) is 3.42. The van der Waals surface area contributed by atoms with Crippen LogP contribution in [0.3, 0.4) is 0 Å². The second kappa shape index (κ2) is 6.98. The fourth-order valence-electron chi connectivity index (χ4n) is 4.15. The lowest BCUT2D eigenvalue weighted by Gasteiger charge is -2.37. The first-order chi connectivity index (χ1) is 12.9. The van der Waals surface area contributed by atoms with Crippen molar-refractivity contribution in [2.24, 2.45) is 24.8 Å². The third-order valence-electron chi connectivity index (χ3n) is 5.76. The van der Waals surface area contributed by atoms with Crippen LogP contribution < -0.4 is 10.2 Å². The van der Waals surface area contributed by atoms with Gasteiger partial charge in [-0.3, -0.25) is 4.79 Å². The van der Waals surface area contributed by atoms with E-state index >= 15 is 0 Å². The van der Waals surface area contributed by atoms with Gasteiger partial charge in [0.1, 0.15) is 5.82 Å². The zero-order valence-electron chi connectivity index (χ0n) is 16.7. The summed E-state index contributed by atoms with van der Waals surface area (Å²) in [6.45, 7) is 8.63. The maximum Gasteiger partial charge on any atom is 0.227 e. The van der Waals surface area contributed by atoms with Crippen molar-refractivity contribution in [2.75, 3.05) is 23.3 Å². The number of anilines is 2. The molecule has 1 aromatic carbocycles. The van der Waals surface area contributed by atoms with Crippen molar-refractivity contribution in [1.29, 1.82) is 0 Å². The van der Waals surface area contributed by atoms with Crippen molar-refractivity contribution in [3.05, 3.63) is 24.0 Å². The van der Waals surface area contributed by atoms with Gasteiger partial charge in [0.05, 0.1) is 0 Å². The third kappa shape index (κ3) is 3.70. The fourth-order valence-corrected chi connectivity index (χ4v) is 4.15.